The SMILES string of the molecule is COC(=O)C[C@@H](N)c1ccc(N(C)C)cc1. The second kappa shape index (κ2) is 5.51. The van der Waals surface area contributed by atoms with E-state index in [9.17, 15) is 4.79 Å². The Balaban J connectivity index is 2.70. The third-order valence-corrected chi connectivity index (χ3v) is 2.45. The maximum Gasteiger partial charge on any atom is 0.307 e. The molecule has 0 aliphatic carbocycles. The number of hydrogen-bond donors (Lipinski definition) is 1. The molecule has 0 saturated heterocycles. The minimum Gasteiger partial charge on any atom is -0.469 e. The van der Waals surface area contributed by atoms with E-state index in [1.807, 2.05) is 43.3 Å². The molecule has 0 aromatic heterocycles. The highest BCUT2D eigenvalue weighted by Gasteiger charge is 2.11. The van der Waals surface area contributed by atoms with Crippen molar-refractivity contribution in [3.63, 3.8) is 0 Å². The molecule has 1 aromatic carbocycles. The molecule has 4 nitrogen and oxygen atoms in total. The molecule has 0 spiro atoms. The first-order valence-corrected chi connectivity index (χ1v) is 5.14. The van der Waals surface area contributed by atoms with Crippen LogP contribution in [-0.2, 0) is 9.53 Å². The molecule has 0 bridgehead atoms. The molecule has 1 aromatic rings. The summed E-state index contributed by atoms with van der Waals surface area (Å²) in [6.07, 6.45) is 0.206. The lowest BCUT2D eigenvalue weighted by Gasteiger charge is -2.15. The molecule has 0 aliphatic heterocycles. The molecule has 1 rings (SSSR count). The van der Waals surface area contributed by atoms with Crippen LogP contribution in [0, 0.1) is 0 Å². The van der Waals surface area contributed by atoms with E-state index in [1.54, 1.807) is 0 Å². The number of anilines is 1. The number of benzene rings is 1. The minimum atomic E-state index is -0.302. The Labute approximate surface area is 96.0 Å². The molecular formula is C12H18N2O2. The van der Waals surface area contributed by atoms with Crippen molar-refractivity contribution in [2.24, 2.45) is 5.73 Å². The van der Waals surface area contributed by atoms with Crippen LogP contribution in [-0.4, -0.2) is 27.2 Å². The Morgan fingerprint density at radius 2 is 1.94 bits per heavy atom. The van der Waals surface area contributed by atoms with Crippen LogP contribution in [0.25, 0.3) is 0 Å². The fourth-order valence-corrected chi connectivity index (χ4v) is 1.40. The first-order valence-electron chi connectivity index (χ1n) is 5.14. The molecule has 4 heteroatoms. The third kappa shape index (κ3) is 3.24. The van der Waals surface area contributed by atoms with Gasteiger partial charge in [-0.25, -0.2) is 0 Å². The molecule has 0 aliphatic rings. The van der Waals surface area contributed by atoms with Crippen molar-refractivity contribution < 1.29 is 9.53 Å². The van der Waals surface area contributed by atoms with Gasteiger partial charge in [0.15, 0.2) is 0 Å². The largest absolute Gasteiger partial charge is 0.469 e. The van der Waals surface area contributed by atoms with Crippen LogP contribution in [0.1, 0.15) is 18.0 Å². The van der Waals surface area contributed by atoms with E-state index >= 15 is 0 Å². The maximum absolute atomic E-state index is 11.1. The number of nitrogens with zero attached hydrogens (tertiary/aromatic N) is 1. The molecule has 0 radical (unpaired) electrons. The van der Waals surface area contributed by atoms with Crippen LogP contribution < -0.4 is 10.6 Å². The zero-order chi connectivity index (χ0) is 12.1. The highest BCUT2D eigenvalue weighted by Crippen LogP contribution is 2.18. The Kier molecular flexibility index (Phi) is 4.31. The van der Waals surface area contributed by atoms with Crippen molar-refractivity contribution >= 4 is 11.7 Å². The third-order valence-electron chi connectivity index (χ3n) is 2.45. The van der Waals surface area contributed by atoms with Crippen LogP contribution >= 0.6 is 0 Å². The highest BCUT2D eigenvalue weighted by atomic mass is 16.5. The highest BCUT2D eigenvalue weighted by molar-refractivity contribution is 5.70. The second-order valence-electron chi connectivity index (χ2n) is 3.87. The molecular weight excluding hydrogens is 204 g/mol. The molecule has 2 N–H and O–H groups in total. The van der Waals surface area contributed by atoms with Gasteiger partial charge in [-0.15, -0.1) is 0 Å². The van der Waals surface area contributed by atoms with Crippen molar-refractivity contribution in [1.82, 2.24) is 0 Å². The zero-order valence-electron chi connectivity index (χ0n) is 9.93. The summed E-state index contributed by atoms with van der Waals surface area (Å²) in [4.78, 5) is 13.1. The summed E-state index contributed by atoms with van der Waals surface area (Å²) in [5.74, 6) is -0.288. The Morgan fingerprint density at radius 3 is 2.38 bits per heavy atom. The molecule has 16 heavy (non-hydrogen) atoms. The van der Waals surface area contributed by atoms with Gasteiger partial charge in [0.1, 0.15) is 0 Å². The molecule has 88 valence electrons. The lowest BCUT2D eigenvalue weighted by Crippen LogP contribution is -2.16. The van der Waals surface area contributed by atoms with Crippen LogP contribution in [0.4, 0.5) is 5.69 Å². The predicted molar refractivity (Wildman–Crippen MR) is 64.3 cm³/mol. The number of rotatable bonds is 4. The Morgan fingerprint density at radius 1 is 1.38 bits per heavy atom. The molecule has 0 saturated carbocycles. The molecule has 0 heterocycles. The molecule has 0 unspecified atom stereocenters. The maximum atomic E-state index is 11.1. The van der Waals surface area contributed by atoms with Gasteiger partial charge < -0.3 is 15.4 Å². The average Bonchev–Trinajstić information content (AvgIpc) is 2.28. The van der Waals surface area contributed by atoms with E-state index in [4.69, 9.17) is 5.73 Å². The van der Waals surface area contributed by atoms with Crippen LogP contribution in [0.5, 0.6) is 0 Å². The summed E-state index contributed by atoms with van der Waals surface area (Å²) in [5, 5.41) is 0. The average molecular weight is 222 g/mol. The van der Waals surface area contributed by atoms with E-state index in [2.05, 4.69) is 4.74 Å². The van der Waals surface area contributed by atoms with E-state index in [-0.39, 0.29) is 18.4 Å². The van der Waals surface area contributed by atoms with Crippen molar-refractivity contribution in [2.75, 3.05) is 26.1 Å². The summed E-state index contributed by atoms with van der Waals surface area (Å²) in [6.45, 7) is 0. The monoisotopic (exact) mass is 222 g/mol. The second-order valence-corrected chi connectivity index (χ2v) is 3.87. The van der Waals surface area contributed by atoms with Gasteiger partial charge in [-0.05, 0) is 17.7 Å². The fourth-order valence-electron chi connectivity index (χ4n) is 1.40. The molecule has 0 fully saturated rings. The number of ether oxygens (including phenoxy) is 1. The minimum absolute atomic E-state index is 0.206. The van der Waals surface area contributed by atoms with Gasteiger partial charge in [-0.2, -0.15) is 0 Å². The van der Waals surface area contributed by atoms with Gasteiger partial charge in [-0.1, -0.05) is 12.1 Å². The van der Waals surface area contributed by atoms with Crippen molar-refractivity contribution in [2.45, 2.75) is 12.5 Å². The van der Waals surface area contributed by atoms with Crippen LogP contribution in [0.2, 0.25) is 0 Å². The van der Waals surface area contributed by atoms with Crippen molar-refractivity contribution in [1.29, 1.82) is 0 Å². The number of carbonyl (C=O) groups is 1. The smallest absolute Gasteiger partial charge is 0.307 e. The van der Waals surface area contributed by atoms with Crippen molar-refractivity contribution in [3.8, 4) is 0 Å². The number of esters is 1. The van der Waals surface area contributed by atoms with Gasteiger partial charge in [0.05, 0.1) is 13.5 Å². The lowest BCUT2D eigenvalue weighted by atomic mass is 10.0. The number of hydrogen-bond acceptors (Lipinski definition) is 4. The van der Waals surface area contributed by atoms with Crippen LogP contribution in [0.3, 0.4) is 0 Å². The summed E-state index contributed by atoms with van der Waals surface area (Å²) >= 11 is 0. The topological polar surface area (TPSA) is 55.6 Å². The summed E-state index contributed by atoms with van der Waals surface area (Å²) in [6, 6.07) is 7.52. The van der Waals surface area contributed by atoms with E-state index in [1.165, 1.54) is 7.11 Å². The Bertz CT molecular complexity index is 347. The van der Waals surface area contributed by atoms with Gasteiger partial charge in [0.2, 0.25) is 0 Å². The van der Waals surface area contributed by atoms with E-state index in [0.717, 1.165) is 11.3 Å². The van der Waals surface area contributed by atoms with Gasteiger partial charge in [0.25, 0.3) is 0 Å². The quantitative estimate of drug-likeness (QED) is 0.780. The summed E-state index contributed by atoms with van der Waals surface area (Å²) < 4.78 is 4.58. The van der Waals surface area contributed by atoms with Gasteiger partial charge >= 0.3 is 5.97 Å². The number of nitrogens with two attached hydrogens (primary N) is 1. The summed E-state index contributed by atoms with van der Waals surface area (Å²) in [7, 11) is 5.32. The zero-order valence-corrected chi connectivity index (χ0v) is 9.93. The lowest BCUT2D eigenvalue weighted by molar-refractivity contribution is -0.141. The summed E-state index contributed by atoms with van der Waals surface area (Å²) in [5.41, 5.74) is 7.93. The molecule has 1 atom stereocenters. The van der Waals surface area contributed by atoms with E-state index < -0.39 is 0 Å². The van der Waals surface area contributed by atoms with Crippen LogP contribution in [0.15, 0.2) is 24.3 Å². The van der Waals surface area contributed by atoms with E-state index in [0.29, 0.717) is 0 Å². The predicted octanol–water partition coefficient (Wildman–Crippen LogP) is 1.32. The number of methoxy groups -OCH3 is 1. The molecule has 0 amide bonds. The first-order chi connectivity index (χ1) is 7.54. The van der Waals surface area contributed by atoms with Gasteiger partial charge in [0, 0.05) is 25.8 Å². The number of carbonyl (C=O) groups excluding carboxylic acids is 1. The van der Waals surface area contributed by atoms with Crippen molar-refractivity contribution in [3.05, 3.63) is 29.8 Å². The van der Waals surface area contributed by atoms with Gasteiger partial charge in [-0.3, -0.25) is 4.79 Å². The normalized spacial score (nSPS) is 12.0. The first kappa shape index (κ1) is 12.5. The standard InChI is InChI=1S/C12H18N2O2/c1-14(2)10-6-4-9(5-7-10)11(13)8-12(15)16-3/h4-7,11H,8,13H2,1-3H3/t11-/m1/s1. The Hall–Kier alpha value is -1.55. The fraction of sp³-hybridized carbons (Fsp3) is 0.417.